The van der Waals surface area contributed by atoms with E-state index in [1.54, 1.807) is 11.8 Å². The first-order valence-corrected chi connectivity index (χ1v) is 17.2. The van der Waals surface area contributed by atoms with Crippen molar-refractivity contribution in [2.75, 3.05) is 0 Å². The molecule has 3 heteroatoms. The van der Waals surface area contributed by atoms with E-state index in [-0.39, 0.29) is 17.5 Å². The number of allylic oxidation sites excluding steroid dienone is 7. The maximum Gasteiger partial charge on any atom is 0.0682 e. The molecule has 0 aliphatic heterocycles. The number of rotatable bonds is 5. The lowest BCUT2D eigenvalue weighted by Gasteiger charge is -2.25. The van der Waals surface area contributed by atoms with Gasteiger partial charge in [0, 0.05) is 11.6 Å². The molecular formula is C46H41N3. The highest BCUT2D eigenvalue weighted by molar-refractivity contribution is 5.89. The van der Waals surface area contributed by atoms with Crippen LogP contribution in [-0.2, 0) is 5.41 Å². The first-order chi connectivity index (χ1) is 23.8. The van der Waals surface area contributed by atoms with Crippen molar-refractivity contribution < 1.29 is 0 Å². The summed E-state index contributed by atoms with van der Waals surface area (Å²) in [6.07, 6.45) is 19.3. The molecule has 0 saturated carbocycles. The summed E-state index contributed by atoms with van der Waals surface area (Å²) in [6.45, 7) is 4.74. The molecule has 0 radical (unpaired) electrons. The molecule has 4 N–H and O–H groups in total. The summed E-state index contributed by atoms with van der Waals surface area (Å²) in [7, 11) is 0. The van der Waals surface area contributed by atoms with E-state index in [1.807, 2.05) is 18.2 Å². The van der Waals surface area contributed by atoms with E-state index in [2.05, 4.69) is 146 Å². The quantitative estimate of drug-likeness (QED) is 0.202. The van der Waals surface area contributed by atoms with Gasteiger partial charge < -0.3 is 11.5 Å². The van der Waals surface area contributed by atoms with Gasteiger partial charge in [-0.15, -0.1) is 0 Å². The lowest BCUT2D eigenvalue weighted by atomic mass is 9.78. The summed E-state index contributed by atoms with van der Waals surface area (Å²) >= 11 is 0. The number of hydrogen-bond donors (Lipinski definition) is 2. The van der Waals surface area contributed by atoms with Crippen molar-refractivity contribution in [3.63, 3.8) is 0 Å². The fourth-order valence-corrected chi connectivity index (χ4v) is 7.72. The van der Waals surface area contributed by atoms with Crippen LogP contribution < -0.4 is 11.5 Å². The van der Waals surface area contributed by atoms with Gasteiger partial charge in [0.1, 0.15) is 0 Å². The molecule has 0 amide bonds. The van der Waals surface area contributed by atoms with E-state index < -0.39 is 0 Å². The summed E-state index contributed by atoms with van der Waals surface area (Å²) in [5.41, 5.74) is 30.3. The fourth-order valence-electron chi connectivity index (χ4n) is 7.72. The van der Waals surface area contributed by atoms with E-state index in [0.29, 0.717) is 0 Å². The minimum atomic E-state index is -0.291. The maximum atomic E-state index is 7.10. The average Bonchev–Trinajstić information content (AvgIpc) is 3.37. The summed E-state index contributed by atoms with van der Waals surface area (Å²) in [5, 5.41) is 0. The third-order valence-corrected chi connectivity index (χ3v) is 10.4. The van der Waals surface area contributed by atoms with Crippen LogP contribution in [0.4, 0.5) is 0 Å². The molecule has 3 aliphatic carbocycles. The smallest absolute Gasteiger partial charge is 0.0682 e. The third kappa shape index (κ3) is 5.86. The monoisotopic (exact) mass is 635 g/mol. The first kappa shape index (κ1) is 31.0. The zero-order chi connectivity index (χ0) is 33.5. The molecule has 0 spiro atoms. The molecule has 0 saturated heterocycles. The van der Waals surface area contributed by atoms with E-state index in [4.69, 9.17) is 11.5 Å². The molecular weight excluding hydrogens is 595 g/mol. The molecule has 0 fully saturated rings. The third-order valence-electron chi connectivity index (χ3n) is 10.4. The number of hydrogen-bond acceptors (Lipinski definition) is 3. The Balaban J connectivity index is 1.22. The number of nitrogens with two attached hydrogens (primary N) is 2. The Morgan fingerprint density at radius 2 is 1.55 bits per heavy atom. The average molecular weight is 636 g/mol. The lowest BCUT2D eigenvalue weighted by Crippen LogP contribution is -2.17. The molecule has 240 valence electrons. The van der Waals surface area contributed by atoms with Crippen LogP contribution in [0.3, 0.4) is 0 Å². The van der Waals surface area contributed by atoms with Gasteiger partial charge >= 0.3 is 0 Å². The molecule has 1 aromatic heterocycles. The van der Waals surface area contributed by atoms with Crippen LogP contribution in [0.25, 0.3) is 40.0 Å². The number of pyridine rings is 1. The van der Waals surface area contributed by atoms with Crippen molar-refractivity contribution in [2.24, 2.45) is 11.5 Å². The van der Waals surface area contributed by atoms with Gasteiger partial charge in [0.2, 0.25) is 0 Å². The van der Waals surface area contributed by atoms with Crippen LogP contribution in [0.2, 0.25) is 0 Å². The first-order valence-electron chi connectivity index (χ1n) is 17.2. The molecule has 1 heterocycles. The summed E-state index contributed by atoms with van der Waals surface area (Å²) < 4.78 is 0. The van der Waals surface area contributed by atoms with Gasteiger partial charge in [-0.1, -0.05) is 129 Å². The van der Waals surface area contributed by atoms with E-state index in [1.165, 1.54) is 33.4 Å². The van der Waals surface area contributed by atoms with Gasteiger partial charge in [-0.2, -0.15) is 0 Å². The number of fused-ring (bicyclic) bond motifs is 3. The van der Waals surface area contributed by atoms with Crippen molar-refractivity contribution in [2.45, 2.75) is 44.2 Å². The highest BCUT2D eigenvalue weighted by Gasteiger charge is 2.37. The Hall–Kier alpha value is -5.35. The van der Waals surface area contributed by atoms with Gasteiger partial charge in [-0.3, -0.25) is 4.98 Å². The van der Waals surface area contributed by atoms with Gasteiger partial charge in [0.05, 0.1) is 17.8 Å². The molecule has 4 aromatic carbocycles. The van der Waals surface area contributed by atoms with Gasteiger partial charge in [-0.25, -0.2) is 0 Å². The van der Waals surface area contributed by atoms with Crippen molar-refractivity contribution in [1.82, 2.24) is 4.98 Å². The standard InChI is InChI=1S/C46H41N3/c1-46(2)41-13-7-6-12-39(41)40-29-36(21-22-42(40)46)37-26-31(25-30-14-16-35-11-8-24-49-45(35)43(47)23-15-30)27-38(28-37)44(48)34-19-17-33(18-20-34)32-9-4-3-5-10-32/h3-6,8-12,14-29,43-44H,7,13,47-48H2,1-2H3/b16-14-,23-15-,30-25-. The molecule has 5 aromatic rings. The molecule has 3 aliphatic rings. The van der Waals surface area contributed by atoms with Crippen LogP contribution in [0.15, 0.2) is 151 Å². The van der Waals surface area contributed by atoms with Crippen molar-refractivity contribution in [3.05, 3.63) is 190 Å². The van der Waals surface area contributed by atoms with Crippen LogP contribution in [-0.4, -0.2) is 4.98 Å². The summed E-state index contributed by atoms with van der Waals surface area (Å²) in [5.74, 6) is 0. The Bertz CT molecular complexity index is 2210. The molecule has 8 rings (SSSR count). The van der Waals surface area contributed by atoms with E-state index in [0.717, 1.165) is 51.9 Å². The Morgan fingerprint density at radius 3 is 2.39 bits per heavy atom. The molecule has 0 bridgehead atoms. The molecule has 2 atom stereocenters. The molecule has 3 nitrogen and oxygen atoms in total. The van der Waals surface area contributed by atoms with Crippen LogP contribution in [0.5, 0.6) is 0 Å². The largest absolute Gasteiger partial charge is 0.320 e. The second-order valence-corrected chi connectivity index (χ2v) is 13.9. The highest BCUT2D eigenvalue weighted by atomic mass is 14.8. The normalized spacial score (nSPS) is 20.2. The minimum absolute atomic E-state index is 0.0471. The zero-order valence-electron chi connectivity index (χ0n) is 28.1. The van der Waals surface area contributed by atoms with Crippen molar-refractivity contribution in [1.29, 1.82) is 0 Å². The van der Waals surface area contributed by atoms with E-state index in [9.17, 15) is 0 Å². The number of aromatic nitrogens is 1. The Kier molecular flexibility index (Phi) is 7.95. The van der Waals surface area contributed by atoms with Crippen LogP contribution in [0, 0.1) is 0 Å². The van der Waals surface area contributed by atoms with Crippen molar-refractivity contribution >= 4 is 17.7 Å². The topological polar surface area (TPSA) is 64.9 Å². The van der Waals surface area contributed by atoms with Gasteiger partial charge in [-0.05, 0) is 116 Å². The minimum Gasteiger partial charge on any atom is -0.320 e. The van der Waals surface area contributed by atoms with Crippen molar-refractivity contribution in [3.8, 4) is 22.3 Å². The second-order valence-electron chi connectivity index (χ2n) is 13.9. The maximum absolute atomic E-state index is 7.10. The van der Waals surface area contributed by atoms with Gasteiger partial charge in [0.15, 0.2) is 0 Å². The zero-order valence-corrected chi connectivity index (χ0v) is 28.1. The van der Waals surface area contributed by atoms with Crippen LogP contribution in [0.1, 0.15) is 77.8 Å². The number of nitrogens with zero attached hydrogens (tertiary/aromatic N) is 1. The fraction of sp³-hybridized carbons (Fsp3) is 0.152. The SMILES string of the molecule is CC1(C)C2=C(C=CCC2)c2cc(-c3cc(/C=C4/C=C\c5cccnc5C(N)\C=C/4)cc(C(N)c4ccc(-c5ccccc5)cc4)c3)ccc21. The predicted octanol–water partition coefficient (Wildman–Crippen LogP) is 10.5. The highest BCUT2D eigenvalue weighted by Crippen LogP contribution is 2.51. The second kappa shape index (κ2) is 12.6. The summed E-state index contributed by atoms with van der Waals surface area (Å²) in [6, 6.07) is 36.4. The Labute approximate surface area is 289 Å². The predicted molar refractivity (Wildman–Crippen MR) is 205 cm³/mol. The Morgan fingerprint density at radius 1 is 0.755 bits per heavy atom. The van der Waals surface area contributed by atoms with Gasteiger partial charge in [0.25, 0.3) is 0 Å². The van der Waals surface area contributed by atoms with Crippen LogP contribution >= 0.6 is 0 Å². The summed E-state index contributed by atoms with van der Waals surface area (Å²) in [4.78, 5) is 4.53. The molecule has 49 heavy (non-hydrogen) atoms. The lowest BCUT2D eigenvalue weighted by molar-refractivity contribution is 0.607. The van der Waals surface area contributed by atoms with E-state index >= 15 is 0 Å². The molecule has 2 unspecified atom stereocenters. The number of benzene rings is 4.